The number of amides is 2. The van der Waals surface area contributed by atoms with Crippen molar-refractivity contribution in [2.45, 2.75) is 13.0 Å². The van der Waals surface area contributed by atoms with Crippen LogP contribution in [0.4, 0.5) is 4.79 Å². The normalized spacial score (nSPS) is 9.70. The zero-order valence-electron chi connectivity index (χ0n) is 11.3. The number of aliphatic carboxylic acids is 1. The summed E-state index contributed by atoms with van der Waals surface area (Å²) in [5.74, 6) is -0.196. The van der Waals surface area contributed by atoms with Gasteiger partial charge in [0.1, 0.15) is 0 Å². The van der Waals surface area contributed by atoms with E-state index in [0.29, 0.717) is 17.3 Å². The molecule has 0 aliphatic rings. The Hall–Kier alpha value is -2.51. The maximum Gasteiger partial charge on any atom is 0.315 e. The average Bonchev–Trinajstić information content (AvgIpc) is 2.44. The van der Waals surface area contributed by atoms with E-state index < -0.39 is 12.0 Å². The summed E-state index contributed by atoms with van der Waals surface area (Å²) in [7, 11) is 2.97. The Labute approximate surface area is 116 Å². The van der Waals surface area contributed by atoms with Crippen LogP contribution in [0.2, 0.25) is 0 Å². The standard InChI is InChI=1S/C12H17N3O5/c1-19-9-4-3-8(11(15-9)20-2)7-14-12(18)13-6-5-10(16)17/h3-4H,5-7H2,1-2H3,(H,16,17)(H2,13,14,18). The molecular weight excluding hydrogens is 266 g/mol. The lowest BCUT2D eigenvalue weighted by molar-refractivity contribution is -0.136. The summed E-state index contributed by atoms with van der Waals surface area (Å²) < 4.78 is 10.1. The lowest BCUT2D eigenvalue weighted by Crippen LogP contribution is -2.36. The van der Waals surface area contributed by atoms with Gasteiger partial charge in [0.25, 0.3) is 0 Å². The fourth-order valence-corrected chi connectivity index (χ4v) is 1.40. The predicted molar refractivity (Wildman–Crippen MR) is 69.8 cm³/mol. The molecule has 0 aliphatic carbocycles. The van der Waals surface area contributed by atoms with E-state index >= 15 is 0 Å². The second-order valence-electron chi connectivity index (χ2n) is 3.78. The first-order chi connectivity index (χ1) is 9.56. The summed E-state index contributed by atoms with van der Waals surface area (Å²) in [5, 5.41) is 13.5. The number of urea groups is 1. The maximum absolute atomic E-state index is 11.4. The fourth-order valence-electron chi connectivity index (χ4n) is 1.40. The monoisotopic (exact) mass is 283 g/mol. The summed E-state index contributed by atoms with van der Waals surface area (Å²) in [5.41, 5.74) is 0.682. The maximum atomic E-state index is 11.4. The highest BCUT2D eigenvalue weighted by Gasteiger charge is 2.08. The molecule has 0 unspecified atom stereocenters. The summed E-state index contributed by atoms with van der Waals surface area (Å²) in [4.78, 5) is 25.8. The average molecular weight is 283 g/mol. The molecule has 0 saturated heterocycles. The lowest BCUT2D eigenvalue weighted by Gasteiger charge is -2.10. The van der Waals surface area contributed by atoms with Crippen molar-refractivity contribution < 1.29 is 24.2 Å². The quantitative estimate of drug-likeness (QED) is 0.667. The molecule has 0 spiro atoms. The zero-order chi connectivity index (χ0) is 15.0. The Kier molecular flexibility index (Phi) is 6.08. The van der Waals surface area contributed by atoms with Crippen molar-refractivity contribution in [2.24, 2.45) is 0 Å². The van der Waals surface area contributed by atoms with Crippen LogP contribution in [-0.2, 0) is 11.3 Å². The van der Waals surface area contributed by atoms with Crippen LogP contribution in [0.3, 0.4) is 0 Å². The van der Waals surface area contributed by atoms with Crippen LogP contribution in [-0.4, -0.2) is 42.9 Å². The second kappa shape index (κ2) is 7.82. The first-order valence-corrected chi connectivity index (χ1v) is 5.88. The van der Waals surface area contributed by atoms with Gasteiger partial charge in [-0.25, -0.2) is 4.79 Å². The molecule has 0 saturated carbocycles. The molecule has 8 nitrogen and oxygen atoms in total. The molecule has 1 aromatic rings. The molecule has 110 valence electrons. The Bertz CT molecular complexity index is 478. The fraction of sp³-hybridized carbons (Fsp3) is 0.417. The van der Waals surface area contributed by atoms with Gasteiger partial charge in [-0.1, -0.05) is 0 Å². The summed E-state index contributed by atoms with van der Waals surface area (Å²) in [6.45, 7) is 0.276. The largest absolute Gasteiger partial charge is 0.481 e. The number of carbonyl (C=O) groups is 2. The van der Waals surface area contributed by atoms with Crippen molar-refractivity contribution in [1.29, 1.82) is 0 Å². The van der Waals surface area contributed by atoms with Gasteiger partial charge in [0.05, 0.1) is 20.6 Å². The van der Waals surface area contributed by atoms with Gasteiger partial charge in [0, 0.05) is 24.7 Å². The summed E-state index contributed by atoms with van der Waals surface area (Å²) in [6.07, 6.45) is -0.124. The van der Waals surface area contributed by atoms with Crippen molar-refractivity contribution in [3.05, 3.63) is 17.7 Å². The number of nitrogens with one attached hydrogen (secondary N) is 2. The minimum absolute atomic E-state index is 0.0686. The number of ether oxygens (including phenoxy) is 2. The minimum Gasteiger partial charge on any atom is -0.481 e. The number of methoxy groups -OCH3 is 2. The number of carbonyl (C=O) groups excluding carboxylic acids is 1. The van der Waals surface area contributed by atoms with E-state index in [9.17, 15) is 9.59 Å². The number of carboxylic acids is 1. The molecule has 1 rings (SSSR count). The van der Waals surface area contributed by atoms with E-state index in [0.717, 1.165) is 0 Å². The number of carboxylic acid groups (broad SMARTS) is 1. The van der Waals surface area contributed by atoms with Crippen LogP contribution >= 0.6 is 0 Å². The highest BCUT2D eigenvalue weighted by molar-refractivity contribution is 5.75. The summed E-state index contributed by atoms with van der Waals surface area (Å²) >= 11 is 0. The number of hydrogen-bond donors (Lipinski definition) is 3. The van der Waals surface area contributed by atoms with Gasteiger partial charge in [0.2, 0.25) is 11.8 Å². The summed E-state index contributed by atoms with van der Waals surface area (Å²) in [6, 6.07) is 2.92. The van der Waals surface area contributed by atoms with Crippen molar-refractivity contribution in [1.82, 2.24) is 15.6 Å². The van der Waals surface area contributed by atoms with E-state index in [1.165, 1.54) is 14.2 Å². The Morgan fingerprint density at radius 3 is 2.60 bits per heavy atom. The van der Waals surface area contributed by atoms with Crippen LogP contribution in [0.1, 0.15) is 12.0 Å². The number of nitrogens with zero attached hydrogens (tertiary/aromatic N) is 1. The molecule has 0 aliphatic heterocycles. The van der Waals surface area contributed by atoms with Gasteiger partial charge >= 0.3 is 12.0 Å². The molecule has 1 heterocycles. The number of rotatable bonds is 7. The van der Waals surface area contributed by atoms with E-state index in [2.05, 4.69) is 15.6 Å². The van der Waals surface area contributed by atoms with Crippen LogP contribution in [0.25, 0.3) is 0 Å². The molecule has 0 aromatic carbocycles. The third kappa shape index (κ3) is 5.01. The Morgan fingerprint density at radius 1 is 1.25 bits per heavy atom. The van der Waals surface area contributed by atoms with Gasteiger partial charge < -0.3 is 25.2 Å². The predicted octanol–water partition coefficient (Wildman–Crippen LogP) is 0.373. The molecular formula is C12H17N3O5. The first kappa shape index (κ1) is 15.5. The highest BCUT2D eigenvalue weighted by atomic mass is 16.5. The van der Waals surface area contributed by atoms with E-state index in [4.69, 9.17) is 14.6 Å². The molecule has 0 fully saturated rings. The van der Waals surface area contributed by atoms with Crippen molar-refractivity contribution in [2.75, 3.05) is 20.8 Å². The lowest BCUT2D eigenvalue weighted by atomic mass is 10.2. The van der Waals surface area contributed by atoms with Crippen LogP contribution in [0, 0.1) is 0 Å². The molecule has 2 amide bonds. The minimum atomic E-state index is -0.966. The molecule has 0 radical (unpaired) electrons. The first-order valence-electron chi connectivity index (χ1n) is 5.88. The molecule has 0 atom stereocenters. The molecule has 3 N–H and O–H groups in total. The smallest absolute Gasteiger partial charge is 0.315 e. The Balaban J connectivity index is 2.48. The molecule has 1 aromatic heterocycles. The third-order valence-electron chi connectivity index (χ3n) is 2.38. The van der Waals surface area contributed by atoms with Crippen molar-refractivity contribution in [3.63, 3.8) is 0 Å². The van der Waals surface area contributed by atoms with Gasteiger partial charge in [-0.2, -0.15) is 4.98 Å². The SMILES string of the molecule is COc1ccc(CNC(=O)NCCC(=O)O)c(OC)n1. The topological polar surface area (TPSA) is 110 Å². The number of hydrogen-bond acceptors (Lipinski definition) is 5. The van der Waals surface area contributed by atoms with E-state index in [1.54, 1.807) is 12.1 Å². The van der Waals surface area contributed by atoms with Gasteiger partial charge in [-0.3, -0.25) is 4.79 Å². The van der Waals surface area contributed by atoms with Gasteiger partial charge in [-0.05, 0) is 6.07 Å². The van der Waals surface area contributed by atoms with Crippen LogP contribution in [0.15, 0.2) is 12.1 Å². The third-order valence-corrected chi connectivity index (χ3v) is 2.38. The van der Waals surface area contributed by atoms with Crippen molar-refractivity contribution in [3.8, 4) is 11.8 Å². The highest BCUT2D eigenvalue weighted by Crippen LogP contribution is 2.19. The number of aromatic nitrogens is 1. The molecule has 0 bridgehead atoms. The molecule has 8 heteroatoms. The second-order valence-corrected chi connectivity index (χ2v) is 3.78. The van der Waals surface area contributed by atoms with Crippen LogP contribution in [0.5, 0.6) is 11.8 Å². The van der Waals surface area contributed by atoms with Gasteiger partial charge in [0.15, 0.2) is 0 Å². The van der Waals surface area contributed by atoms with E-state index in [-0.39, 0.29) is 19.5 Å². The van der Waals surface area contributed by atoms with Gasteiger partial charge in [-0.15, -0.1) is 0 Å². The molecule has 20 heavy (non-hydrogen) atoms. The Morgan fingerprint density at radius 2 is 2.00 bits per heavy atom. The van der Waals surface area contributed by atoms with Crippen molar-refractivity contribution >= 4 is 12.0 Å². The number of pyridine rings is 1. The van der Waals surface area contributed by atoms with E-state index in [1.807, 2.05) is 0 Å². The zero-order valence-corrected chi connectivity index (χ0v) is 11.3. The van der Waals surface area contributed by atoms with Crippen LogP contribution < -0.4 is 20.1 Å².